The van der Waals surface area contributed by atoms with Gasteiger partial charge < -0.3 is 10.4 Å². The molecule has 2 N–H and O–H groups in total. The van der Waals surface area contributed by atoms with Crippen LogP contribution in [0.15, 0.2) is 47.4 Å². The molecule has 33 heavy (non-hydrogen) atoms. The van der Waals surface area contributed by atoms with Crippen LogP contribution in [-0.2, 0) is 26.0 Å². The van der Waals surface area contributed by atoms with Gasteiger partial charge in [0.15, 0.2) is 0 Å². The molecule has 8 nitrogen and oxygen atoms in total. The fraction of sp³-hybridized carbons (Fsp3) is 0.318. The molecule has 0 aliphatic carbocycles. The van der Waals surface area contributed by atoms with Crippen molar-refractivity contribution in [1.29, 1.82) is 5.26 Å². The van der Waals surface area contributed by atoms with Gasteiger partial charge in [-0.2, -0.15) is 9.57 Å². The van der Waals surface area contributed by atoms with Crippen LogP contribution in [0.5, 0.6) is 0 Å². The van der Waals surface area contributed by atoms with Crippen molar-refractivity contribution in [3.05, 3.63) is 63.6 Å². The second-order valence-electron chi connectivity index (χ2n) is 7.94. The van der Waals surface area contributed by atoms with Crippen molar-refractivity contribution >= 4 is 45.1 Å². The number of nitriles is 1. The molecular weight excluding hydrogens is 489 g/mol. The van der Waals surface area contributed by atoms with E-state index in [0.717, 1.165) is 4.31 Å². The molecule has 1 saturated heterocycles. The Morgan fingerprint density at radius 3 is 2.36 bits per heavy atom. The maximum atomic E-state index is 13.3. The highest BCUT2D eigenvalue weighted by atomic mass is 35.5. The van der Waals surface area contributed by atoms with Crippen molar-refractivity contribution in [2.45, 2.75) is 42.7 Å². The number of halogens is 2. The van der Waals surface area contributed by atoms with E-state index in [0.29, 0.717) is 17.5 Å². The number of hydrogen-bond acceptors (Lipinski definition) is 5. The normalized spacial score (nSPS) is 19.6. The summed E-state index contributed by atoms with van der Waals surface area (Å²) in [7, 11) is -4.13. The van der Waals surface area contributed by atoms with Gasteiger partial charge in [-0.15, -0.1) is 0 Å². The van der Waals surface area contributed by atoms with Gasteiger partial charge in [-0.1, -0.05) is 35.3 Å². The maximum Gasteiger partial charge on any atom is 0.326 e. The van der Waals surface area contributed by atoms with Crippen LogP contribution in [0.2, 0.25) is 10.0 Å². The average Bonchev–Trinajstić information content (AvgIpc) is 3.16. The molecule has 2 aromatic carbocycles. The third kappa shape index (κ3) is 5.31. The van der Waals surface area contributed by atoms with Gasteiger partial charge in [0, 0.05) is 23.0 Å². The standard InChI is InChI=1S/C22H21Cl2N3O5S/c1-22(7-2-8-27(22)33(31,32)18-11-16(23)10-17(24)12-18)21(30)26-19(20(28)29)9-14-3-5-15(13-25)6-4-14/h3-6,10-12,19H,2,7-9H2,1H3,(H,26,30)(H,28,29)/t19-,22-/m0/s1. The van der Waals surface area contributed by atoms with Crippen LogP contribution in [0.4, 0.5) is 0 Å². The predicted molar refractivity (Wildman–Crippen MR) is 122 cm³/mol. The summed E-state index contributed by atoms with van der Waals surface area (Å²) < 4.78 is 27.7. The van der Waals surface area contributed by atoms with Crippen molar-refractivity contribution < 1.29 is 23.1 Å². The number of aliphatic carboxylic acids is 1. The third-order valence-corrected chi connectivity index (χ3v) is 8.05. The molecule has 0 saturated carbocycles. The molecule has 11 heteroatoms. The van der Waals surface area contributed by atoms with Gasteiger partial charge in [0.25, 0.3) is 0 Å². The number of benzene rings is 2. The van der Waals surface area contributed by atoms with E-state index in [2.05, 4.69) is 5.32 Å². The lowest BCUT2D eigenvalue weighted by atomic mass is 9.97. The maximum absolute atomic E-state index is 13.3. The Morgan fingerprint density at radius 1 is 1.21 bits per heavy atom. The van der Waals surface area contributed by atoms with E-state index in [1.807, 2.05) is 6.07 Å². The zero-order valence-corrected chi connectivity index (χ0v) is 19.9. The van der Waals surface area contributed by atoms with E-state index in [4.69, 9.17) is 28.5 Å². The first-order valence-corrected chi connectivity index (χ1v) is 12.2. The molecule has 0 unspecified atom stereocenters. The topological polar surface area (TPSA) is 128 Å². The van der Waals surface area contributed by atoms with Gasteiger partial charge in [0.2, 0.25) is 15.9 Å². The minimum Gasteiger partial charge on any atom is -0.480 e. The van der Waals surface area contributed by atoms with Crippen LogP contribution in [0.25, 0.3) is 0 Å². The molecule has 0 spiro atoms. The van der Waals surface area contributed by atoms with E-state index in [-0.39, 0.29) is 34.3 Å². The molecule has 0 radical (unpaired) electrons. The predicted octanol–water partition coefficient (Wildman–Crippen LogP) is 3.22. The lowest BCUT2D eigenvalue weighted by Crippen LogP contribution is -2.58. The van der Waals surface area contributed by atoms with Gasteiger partial charge in [-0.05, 0) is 55.7 Å². The van der Waals surface area contributed by atoms with Crippen LogP contribution in [0, 0.1) is 11.3 Å². The number of hydrogen-bond donors (Lipinski definition) is 2. The summed E-state index contributed by atoms with van der Waals surface area (Å²) in [6.07, 6.45) is 0.611. The highest BCUT2D eigenvalue weighted by molar-refractivity contribution is 7.89. The lowest BCUT2D eigenvalue weighted by molar-refractivity contribution is -0.143. The Kier molecular flexibility index (Phi) is 7.34. The second kappa shape index (κ2) is 9.69. The summed E-state index contributed by atoms with van der Waals surface area (Å²) in [6.45, 7) is 1.56. The number of sulfonamides is 1. The first-order chi connectivity index (χ1) is 15.5. The quantitative estimate of drug-likeness (QED) is 0.589. The summed E-state index contributed by atoms with van der Waals surface area (Å²) in [4.78, 5) is 24.9. The lowest BCUT2D eigenvalue weighted by Gasteiger charge is -2.34. The fourth-order valence-corrected chi connectivity index (χ4v) is 6.36. The molecule has 0 bridgehead atoms. The van der Waals surface area contributed by atoms with Gasteiger partial charge >= 0.3 is 5.97 Å². The number of rotatable bonds is 7. The fourth-order valence-electron chi connectivity index (χ4n) is 3.82. The first kappa shape index (κ1) is 25.0. The SMILES string of the molecule is C[C@@]1(C(=O)N[C@@H](Cc2ccc(C#N)cc2)C(=O)O)CCCN1S(=O)(=O)c1cc(Cl)cc(Cl)c1. The number of carboxylic acids is 1. The van der Waals surface area contributed by atoms with Crippen LogP contribution in [0.3, 0.4) is 0 Å². The van der Waals surface area contributed by atoms with Crippen LogP contribution >= 0.6 is 23.2 Å². The average molecular weight is 510 g/mol. The minimum absolute atomic E-state index is 0.0283. The molecule has 2 atom stereocenters. The van der Waals surface area contributed by atoms with Gasteiger partial charge in [0.1, 0.15) is 11.6 Å². The first-order valence-electron chi connectivity index (χ1n) is 9.99. The molecule has 3 rings (SSSR count). The number of carbonyl (C=O) groups is 2. The van der Waals surface area contributed by atoms with Gasteiger partial charge in [-0.25, -0.2) is 13.2 Å². The van der Waals surface area contributed by atoms with Crippen molar-refractivity contribution in [1.82, 2.24) is 9.62 Å². The monoisotopic (exact) mass is 509 g/mol. The third-order valence-electron chi connectivity index (χ3n) is 5.61. The Bertz CT molecular complexity index is 1210. The Labute approximate surface area is 201 Å². The summed E-state index contributed by atoms with van der Waals surface area (Å²) in [5.41, 5.74) is -0.460. The molecule has 1 aliphatic heterocycles. The van der Waals surface area contributed by atoms with Crippen molar-refractivity contribution in [3.63, 3.8) is 0 Å². The van der Waals surface area contributed by atoms with Crippen LogP contribution < -0.4 is 5.32 Å². The summed E-state index contributed by atoms with van der Waals surface area (Å²) in [5, 5.41) is 21.3. The van der Waals surface area contributed by atoms with E-state index in [9.17, 15) is 23.1 Å². The molecular formula is C22H21Cl2N3O5S. The molecule has 1 fully saturated rings. The van der Waals surface area contributed by atoms with Gasteiger partial charge in [0.05, 0.1) is 16.5 Å². The number of nitrogens with zero attached hydrogens (tertiary/aromatic N) is 2. The van der Waals surface area contributed by atoms with Gasteiger partial charge in [-0.3, -0.25) is 4.79 Å². The van der Waals surface area contributed by atoms with Crippen LogP contribution in [0.1, 0.15) is 30.9 Å². The summed E-state index contributed by atoms with van der Waals surface area (Å²) in [6, 6.07) is 10.9. The molecule has 2 aromatic rings. The Balaban J connectivity index is 1.85. The smallest absolute Gasteiger partial charge is 0.326 e. The van der Waals surface area contributed by atoms with E-state index in [1.165, 1.54) is 25.1 Å². The second-order valence-corrected chi connectivity index (χ2v) is 10.7. The van der Waals surface area contributed by atoms with E-state index in [1.54, 1.807) is 24.3 Å². The molecule has 1 aliphatic rings. The molecule has 1 heterocycles. The minimum atomic E-state index is -4.13. The number of carbonyl (C=O) groups excluding carboxylic acids is 1. The molecule has 174 valence electrons. The highest BCUT2D eigenvalue weighted by Gasteiger charge is 2.50. The zero-order chi connectivity index (χ0) is 24.4. The van der Waals surface area contributed by atoms with E-state index >= 15 is 0 Å². The number of carboxylic acid groups (broad SMARTS) is 1. The Hall–Kier alpha value is -2.64. The number of amides is 1. The number of nitrogens with one attached hydrogen (secondary N) is 1. The van der Waals surface area contributed by atoms with E-state index < -0.39 is 33.5 Å². The summed E-state index contributed by atoms with van der Waals surface area (Å²) >= 11 is 11.9. The van der Waals surface area contributed by atoms with Crippen molar-refractivity contribution in [3.8, 4) is 6.07 Å². The molecule has 1 amide bonds. The van der Waals surface area contributed by atoms with Crippen molar-refractivity contribution in [2.75, 3.05) is 6.54 Å². The molecule has 0 aromatic heterocycles. The van der Waals surface area contributed by atoms with Crippen LogP contribution in [-0.4, -0.2) is 47.8 Å². The highest BCUT2D eigenvalue weighted by Crippen LogP contribution is 2.36. The zero-order valence-electron chi connectivity index (χ0n) is 17.6. The largest absolute Gasteiger partial charge is 0.480 e. The Morgan fingerprint density at radius 2 is 1.82 bits per heavy atom. The summed E-state index contributed by atoms with van der Waals surface area (Å²) in [5.74, 6) is -1.97. The van der Waals surface area contributed by atoms with Crippen molar-refractivity contribution in [2.24, 2.45) is 0 Å².